The Balaban J connectivity index is 1.11. The Morgan fingerprint density at radius 1 is 1.26 bits per heavy atom. The van der Waals surface area contributed by atoms with Gasteiger partial charge in [0.05, 0.1) is 29.5 Å². The van der Waals surface area contributed by atoms with Crippen LogP contribution >= 0.6 is 11.3 Å². The van der Waals surface area contributed by atoms with Crippen LogP contribution in [0.4, 0.5) is 5.13 Å². The van der Waals surface area contributed by atoms with Gasteiger partial charge in [-0.2, -0.15) is 0 Å². The van der Waals surface area contributed by atoms with E-state index in [2.05, 4.69) is 37.4 Å². The van der Waals surface area contributed by atoms with Crippen molar-refractivity contribution in [2.24, 2.45) is 5.92 Å². The first-order valence-corrected chi connectivity index (χ1v) is 14.7. The molecule has 10 nitrogen and oxygen atoms in total. The van der Waals surface area contributed by atoms with E-state index in [1.54, 1.807) is 19.5 Å². The number of aliphatic hydroxyl groups is 1. The van der Waals surface area contributed by atoms with Gasteiger partial charge in [-0.15, -0.1) is 0 Å². The number of ether oxygens (including phenoxy) is 2. The minimum atomic E-state index is -0.402. The summed E-state index contributed by atoms with van der Waals surface area (Å²) < 4.78 is 12.5. The minimum absolute atomic E-state index is 0.0260. The molecule has 3 aliphatic rings. The lowest BCUT2D eigenvalue weighted by molar-refractivity contribution is -0.125. The van der Waals surface area contributed by atoms with Crippen LogP contribution in [0.1, 0.15) is 44.9 Å². The van der Waals surface area contributed by atoms with Gasteiger partial charge in [-0.3, -0.25) is 9.69 Å². The molecule has 1 amide bonds. The molecule has 0 unspecified atom stereocenters. The molecule has 3 atom stereocenters. The first kappa shape index (κ1) is 26.5. The van der Waals surface area contributed by atoms with Crippen molar-refractivity contribution in [2.75, 3.05) is 32.1 Å². The van der Waals surface area contributed by atoms with E-state index in [-0.39, 0.29) is 24.5 Å². The van der Waals surface area contributed by atoms with Gasteiger partial charge in [0, 0.05) is 61.2 Å². The van der Waals surface area contributed by atoms with E-state index >= 15 is 0 Å². The fraction of sp³-hybridized carbons (Fsp3) is 0.571. The van der Waals surface area contributed by atoms with E-state index in [9.17, 15) is 9.90 Å². The molecule has 0 spiro atoms. The molecule has 3 aromatic rings. The average molecular weight is 553 g/mol. The van der Waals surface area contributed by atoms with Gasteiger partial charge in [-0.1, -0.05) is 11.3 Å². The molecule has 208 valence electrons. The topological polar surface area (TPSA) is 122 Å². The van der Waals surface area contributed by atoms with Crippen molar-refractivity contribution < 1.29 is 19.4 Å². The molecule has 0 bridgehead atoms. The van der Waals surface area contributed by atoms with Crippen molar-refractivity contribution in [1.82, 2.24) is 25.2 Å². The highest BCUT2D eigenvalue weighted by Gasteiger charge is 2.40. The van der Waals surface area contributed by atoms with E-state index in [0.717, 1.165) is 73.1 Å². The third-order valence-electron chi connectivity index (χ3n) is 8.31. The summed E-state index contributed by atoms with van der Waals surface area (Å²) in [4.78, 5) is 29.1. The summed E-state index contributed by atoms with van der Waals surface area (Å²) >= 11 is 1.42. The van der Waals surface area contributed by atoms with Crippen LogP contribution in [0, 0.1) is 5.92 Å². The fourth-order valence-corrected chi connectivity index (χ4v) is 6.97. The predicted octanol–water partition coefficient (Wildman–Crippen LogP) is 3.20. The number of benzene rings is 1. The third-order valence-corrected chi connectivity index (χ3v) is 9.30. The Morgan fingerprint density at radius 2 is 2.08 bits per heavy atom. The lowest BCUT2D eigenvalue weighted by Crippen LogP contribution is -2.58. The van der Waals surface area contributed by atoms with E-state index < -0.39 is 6.10 Å². The first-order valence-electron chi connectivity index (χ1n) is 13.9. The summed E-state index contributed by atoms with van der Waals surface area (Å²) in [5, 5.41) is 17.0. The summed E-state index contributed by atoms with van der Waals surface area (Å²) in [6.45, 7) is 5.60. The van der Waals surface area contributed by atoms with Crippen LogP contribution < -0.4 is 15.4 Å². The molecule has 1 saturated heterocycles. The van der Waals surface area contributed by atoms with Crippen molar-refractivity contribution in [3.05, 3.63) is 30.4 Å². The molecular formula is C28H36N6O4S. The number of hydrogen-bond acceptors (Lipinski definition) is 10. The van der Waals surface area contributed by atoms with Crippen molar-refractivity contribution in [3.8, 4) is 16.9 Å². The molecule has 2 aromatic heterocycles. The van der Waals surface area contributed by atoms with Gasteiger partial charge in [0.2, 0.25) is 5.91 Å². The first-order chi connectivity index (χ1) is 19.0. The molecule has 6 rings (SSSR count). The number of aliphatic hydroxyl groups excluding tert-OH is 1. The largest absolute Gasteiger partial charge is 0.495 e. The van der Waals surface area contributed by atoms with Crippen molar-refractivity contribution in [2.45, 2.75) is 69.9 Å². The number of thiazole rings is 1. The molecule has 2 saturated carbocycles. The van der Waals surface area contributed by atoms with Gasteiger partial charge in [-0.05, 0) is 51.2 Å². The number of carbonyl (C=O) groups is 1. The number of aromatic nitrogens is 3. The van der Waals surface area contributed by atoms with Crippen LogP contribution in [0.5, 0.6) is 5.75 Å². The van der Waals surface area contributed by atoms with Crippen molar-refractivity contribution in [1.29, 1.82) is 0 Å². The summed E-state index contributed by atoms with van der Waals surface area (Å²) in [5.41, 5.74) is 2.45. The van der Waals surface area contributed by atoms with E-state index in [0.29, 0.717) is 28.8 Å². The van der Waals surface area contributed by atoms with Gasteiger partial charge in [0.15, 0.2) is 11.0 Å². The van der Waals surface area contributed by atoms with Crippen molar-refractivity contribution >= 4 is 32.6 Å². The van der Waals surface area contributed by atoms with Gasteiger partial charge in [-0.25, -0.2) is 15.0 Å². The maximum atomic E-state index is 13.0. The smallest absolute Gasteiger partial charge is 0.229 e. The number of nitrogens with one attached hydrogen (secondary N) is 2. The van der Waals surface area contributed by atoms with Crippen LogP contribution in [-0.2, 0) is 16.1 Å². The lowest BCUT2D eigenvalue weighted by atomic mass is 9.78. The van der Waals surface area contributed by atoms with Gasteiger partial charge in [0.1, 0.15) is 12.4 Å². The van der Waals surface area contributed by atoms with E-state index in [1.807, 2.05) is 12.1 Å². The highest BCUT2D eigenvalue weighted by Crippen LogP contribution is 2.41. The SMILES string of the molecule is COc1c(-c2cnc(CO[C@H]3CCC[C@@H]3O)nc2)ccc2nc(NC(=O)C3CC(N4CCNC[C@@H]4C)C3)sc12. The Labute approximate surface area is 232 Å². The molecule has 2 aliphatic carbocycles. The number of carbonyl (C=O) groups excluding carboxylic acids is 1. The van der Waals surface area contributed by atoms with Gasteiger partial charge >= 0.3 is 0 Å². The number of amides is 1. The highest BCUT2D eigenvalue weighted by molar-refractivity contribution is 7.22. The normalized spacial score (nSPS) is 27.4. The Bertz CT molecular complexity index is 1310. The quantitative estimate of drug-likeness (QED) is 0.387. The number of fused-ring (bicyclic) bond motifs is 1. The fourth-order valence-electron chi connectivity index (χ4n) is 5.98. The van der Waals surface area contributed by atoms with Gasteiger partial charge in [0.25, 0.3) is 0 Å². The standard InChI is InChI=1S/C28H36N6O4S/c1-16-12-29-8-9-34(16)19-10-17(11-19)27(36)33-28-32-21-7-6-20(25(37-2)26(21)39-28)18-13-30-24(31-14-18)15-38-23-5-3-4-22(23)35/h6-7,13-14,16-17,19,22-23,29,35H,3-5,8-12,15H2,1-2H3,(H,32,33,36)/t16-,17?,19?,22-,23-/m0/s1. The van der Waals surface area contributed by atoms with Gasteiger partial charge < -0.3 is 25.2 Å². The minimum Gasteiger partial charge on any atom is -0.495 e. The second-order valence-corrected chi connectivity index (χ2v) is 11.9. The number of methoxy groups -OCH3 is 1. The predicted molar refractivity (Wildman–Crippen MR) is 150 cm³/mol. The summed E-state index contributed by atoms with van der Waals surface area (Å²) in [7, 11) is 1.64. The number of rotatable bonds is 8. The summed E-state index contributed by atoms with van der Waals surface area (Å²) in [6.07, 6.45) is 7.41. The van der Waals surface area contributed by atoms with Crippen LogP contribution in [-0.4, -0.2) is 81.9 Å². The highest BCUT2D eigenvalue weighted by atomic mass is 32.1. The molecule has 0 radical (unpaired) electrons. The van der Waals surface area contributed by atoms with Crippen LogP contribution in [0.25, 0.3) is 21.3 Å². The summed E-state index contributed by atoms with van der Waals surface area (Å²) in [5.74, 6) is 1.33. The summed E-state index contributed by atoms with van der Waals surface area (Å²) in [6, 6.07) is 4.88. The number of piperazine rings is 1. The second kappa shape index (κ2) is 11.4. The molecular weight excluding hydrogens is 516 g/mol. The maximum absolute atomic E-state index is 13.0. The molecule has 1 aromatic carbocycles. The average Bonchev–Trinajstić information content (AvgIpc) is 3.52. The molecule has 3 N–H and O–H groups in total. The second-order valence-electron chi connectivity index (χ2n) is 10.9. The van der Waals surface area contributed by atoms with E-state index in [1.165, 1.54) is 11.3 Å². The zero-order chi connectivity index (χ0) is 26.9. The zero-order valence-electron chi connectivity index (χ0n) is 22.4. The van der Waals surface area contributed by atoms with Crippen molar-refractivity contribution in [3.63, 3.8) is 0 Å². The third kappa shape index (κ3) is 5.51. The Hall–Kier alpha value is -2.70. The number of anilines is 1. The lowest BCUT2D eigenvalue weighted by Gasteiger charge is -2.47. The Kier molecular flexibility index (Phi) is 7.77. The number of nitrogens with zero attached hydrogens (tertiary/aromatic N) is 4. The molecule has 3 fully saturated rings. The van der Waals surface area contributed by atoms with E-state index in [4.69, 9.17) is 9.47 Å². The van der Waals surface area contributed by atoms with Crippen LogP contribution in [0.15, 0.2) is 24.5 Å². The monoisotopic (exact) mass is 552 g/mol. The molecule has 3 heterocycles. The Morgan fingerprint density at radius 3 is 2.79 bits per heavy atom. The number of hydrogen-bond donors (Lipinski definition) is 3. The van der Waals surface area contributed by atoms with Crippen LogP contribution in [0.2, 0.25) is 0 Å². The van der Waals surface area contributed by atoms with Crippen LogP contribution in [0.3, 0.4) is 0 Å². The molecule has 11 heteroatoms. The maximum Gasteiger partial charge on any atom is 0.229 e. The zero-order valence-corrected chi connectivity index (χ0v) is 23.2. The molecule has 1 aliphatic heterocycles. The molecule has 39 heavy (non-hydrogen) atoms.